The minimum absolute atomic E-state index is 0.0973. The fraction of sp³-hybridized carbons (Fsp3) is 0.455. The lowest BCUT2D eigenvalue weighted by molar-refractivity contribution is 0.148. The lowest BCUT2D eigenvalue weighted by atomic mass is 9.97. The maximum absolute atomic E-state index is 12.9. The lowest BCUT2D eigenvalue weighted by Crippen LogP contribution is -2.14. The van der Waals surface area contributed by atoms with Gasteiger partial charge in [0.15, 0.2) is 11.6 Å². The normalized spacial score (nSPS) is 23.4. The average molecular weight is 200 g/mol. The summed E-state index contributed by atoms with van der Waals surface area (Å²) in [7, 11) is 0. The molecule has 1 nitrogen and oxygen atoms in total. The summed E-state index contributed by atoms with van der Waals surface area (Å²) in [5.41, 5.74) is 0.552. The fourth-order valence-corrected chi connectivity index (χ4v) is 1.46. The van der Waals surface area contributed by atoms with Gasteiger partial charge in [-0.25, -0.2) is 8.78 Å². The first-order valence-electron chi connectivity index (χ1n) is 4.55. The number of ether oxygens (including phenoxy) is 1. The van der Waals surface area contributed by atoms with E-state index in [4.69, 9.17) is 4.74 Å². The summed E-state index contributed by atoms with van der Waals surface area (Å²) in [6.45, 7) is 6.92. The van der Waals surface area contributed by atoms with Crippen LogP contribution in [0.5, 0.6) is 0 Å². The third kappa shape index (κ3) is 2.69. The highest BCUT2D eigenvalue weighted by Gasteiger charge is 2.20. The van der Waals surface area contributed by atoms with Crippen molar-refractivity contribution in [1.29, 1.82) is 0 Å². The van der Waals surface area contributed by atoms with Crippen LogP contribution < -0.4 is 0 Å². The SMILES string of the molecule is C=C(F)C1=C(/C=C(\C)F)CC(C)CO1. The molecular formula is C11H14F2O. The van der Waals surface area contributed by atoms with Crippen molar-refractivity contribution < 1.29 is 13.5 Å². The molecule has 3 heteroatoms. The number of rotatable bonds is 2. The molecule has 0 aromatic rings. The van der Waals surface area contributed by atoms with Gasteiger partial charge < -0.3 is 4.74 Å². The van der Waals surface area contributed by atoms with E-state index in [0.29, 0.717) is 18.6 Å². The van der Waals surface area contributed by atoms with E-state index in [0.717, 1.165) is 0 Å². The monoisotopic (exact) mass is 200 g/mol. The molecule has 1 rings (SSSR count). The zero-order valence-corrected chi connectivity index (χ0v) is 8.44. The Morgan fingerprint density at radius 3 is 2.71 bits per heavy atom. The summed E-state index contributed by atoms with van der Waals surface area (Å²) < 4.78 is 30.7. The zero-order chi connectivity index (χ0) is 10.7. The van der Waals surface area contributed by atoms with Crippen LogP contribution in [0.3, 0.4) is 0 Å². The molecular weight excluding hydrogens is 186 g/mol. The highest BCUT2D eigenvalue weighted by Crippen LogP contribution is 2.29. The van der Waals surface area contributed by atoms with Crippen LogP contribution in [0.1, 0.15) is 20.3 Å². The van der Waals surface area contributed by atoms with Gasteiger partial charge in [-0.15, -0.1) is 0 Å². The van der Waals surface area contributed by atoms with E-state index in [1.54, 1.807) is 0 Å². The van der Waals surface area contributed by atoms with Crippen molar-refractivity contribution >= 4 is 0 Å². The Hall–Kier alpha value is -1.12. The van der Waals surface area contributed by atoms with Crippen molar-refractivity contribution in [3.8, 4) is 0 Å². The molecule has 1 atom stereocenters. The highest BCUT2D eigenvalue weighted by molar-refractivity contribution is 5.33. The molecule has 0 N–H and O–H groups in total. The van der Waals surface area contributed by atoms with Crippen molar-refractivity contribution in [3.63, 3.8) is 0 Å². The topological polar surface area (TPSA) is 9.23 Å². The molecule has 0 spiro atoms. The Kier molecular flexibility index (Phi) is 3.44. The van der Waals surface area contributed by atoms with Gasteiger partial charge in [0.05, 0.1) is 12.4 Å². The van der Waals surface area contributed by atoms with E-state index in [2.05, 4.69) is 6.58 Å². The minimum atomic E-state index is -0.635. The molecule has 0 fully saturated rings. The summed E-state index contributed by atoms with van der Waals surface area (Å²) in [6, 6.07) is 0. The summed E-state index contributed by atoms with van der Waals surface area (Å²) in [5.74, 6) is -0.607. The number of halogens is 2. The van der Waals surface area contributed by atoms with Crippen LogP contribution in [0.25, 0.3) is 0 Å². The Balaban J connectivity index is 3.00. The first-order valence-corrected chi connectivity index (χ1v) is 4.55. The van der Waals surface area contributed by atoms with E-state index < -0.39 is 5.83 Å². The van der Waals surface area contributed by atoms with Gasteiger partial charge in [0.1, 0.15) is 0 Å². The second kappa shape index (κ2) is 4.40. The molecule has 0 saturated carbocycles. The van der Waals surface area contributed by atoms with E-state index in [9.17, 15) is 8.78 Å². The molecule has 78 valence electrons. The van der Waals surface area contributed by atoms with E-state index in [1.807, 2.05) is 6.92 Å². The Morgan fingerprint density at radius 2 is 2.21 bits per heavy atom. The van der Waals surface area contributed by atoms with Crippen molar-refractivity contribution in [2.24, 2.45) is 5.92 Å². The van der Waals surface area contributed by atoms with Crippen molar-refractivity contribution in [3.05, 3.63) is 35.6 Å². The molecule has 0 aromatic carbocycles. The van der Waals surface area contributed by atoms with E-state index in [1.165, 1.54) is 13.0 Å². The third-order valence-electron chi connectivity index (χ3n) is 1.99. The molecule has 0 radical (unpaired) electrons. The summed E-state index contributed by atoms with van der Waals surface area (Å²) >= 11 is 0. The summed E-state index contributed by atoms with van der Waals surface area (Å²) in [4.78, 5) is 0. The second-order valence-corrected chi connectivity index (χ2v) is 3.61. The lowest BCUT2D eigenvalue weighted by Gasteiger charge is -2.23. The Labute approximate surface area is 82.8 Å². The van der Waals surface area contributed by atoms with Crippen LogP contribution in [-0.4, -0.2) is 6.61 Å². The van der Waals surface area contributed by atoms with Gasteiger partial charge >= 0.3 is 0 Å². The number of hydrogen-bond donors (Lipinski definition) is 0. The molecule has 0 saturated heterocycles. The maximum atomic E-state index is 12.9. The number of allylic oxidation sites excluding steroid dienone is 4. The van der Waals surface area contributed by atoms with Gasteiger partial charge in [0, 0.05) is 5.57 Å². The molecule has 1 unspecified atom stereocenters. The largest absolute Gasteiger partial charge is 0.490 e. The maximum Gasteiger partial charge on any atom is 0.158 e. The Morgan fingerprint density at radius 1 is 1.57 bits per heavy atom. The predicted octanol–water partition coefficient (Wildman–Crippen LogP) is 3.65. The second-order valence-electron chi connectivity index (χ2n) is 3.61. The van der Waals surface area contributed by atoms with Gasteiger partial charge in [0.2, 0.25) is 0 Å². The summed E-state index contributed by atoms with van der Waals surface area (Å²) in [6.07, 6.45) is 1.93. The molecule has 0 amide bonds. The van der Waals surface area contributed by atoms with E-state index >= 15 is 0 Å². The first kappa shape index (κ1) is 11.0. The van der Waals surface area contributed by atoms with Crippen LogP contribution in [0.15, 0.2) is 35.6 Å². The van der Waals surface area contributed by atoms with Gasteiger partial charge in [-0.1, -0.05) is 13.5 Å². The highest BCUT2D eigenvalue weighted by atomic mass is 19.1. The molecule has 0 aliphatic carbocycles. The van der Waals surface area contributed by atoms with Gasteiger partial charge in [-0.2, -0.15) is 0 Å². The fourth-order valence-electron chi connectivity index (χ4n) is 1.46. The van der Waals surface area contributed by atoms with Crippen LogP contribution in [0.2, 0.25) is 0 Å². The van der Waals surface area contributed by atoms with Crippen LogP contribution in [0.4, 0.5) is 8.78 Å². The minimum Gasteiger partial charge on any atom is -0.490 e. The van der Waals surface area contributed by atoms with Crippen molar-refractivity contribution in [2.45, 2.75) is 20.3 Å². The van der Waals surface area contributed by atoms with Crippen LogP contribution >= 0.6 is 0 Å². The number of hydrogen-bond acceptors (Lipinski definition) is 1. The Bertz CT molecular complexity index is 298. The van der Waals surface area contributed by atoms with Crippen molar-refractivity contribution in [2.75, 3.05) is 6.61 Å². The quantitative estimate of drug-likeness (QED) is 0.661. The van der Waals surface area contributed by atoms with Crippen molar-refractivity contribution in [1.82, 2.24) is 0 Å². The van der Waals surface area contributed by atoms with Gasteiger partial charge in [0.25, 0.3) is 0 Å². The molecule has 14 heavy (non-hydrogen) atoms. The molecule has 1 heterocycles. The van der Waals surface area contributed by atoms with E-state index in [-0.39, 0.29) is 17.5 Å². The van der Waals surface area contributed by atoms with Crippen LogP contribution in [-0.2, 0) is 4.74 Å². The zero-order valence-electron chi connectivity index (χ0n) is 8.44. The molecule has 1 aliphatic rings. The predicted molar refractivity (Wildman–Crippen MR) is 51.9 cm³/mol. The van der Waals surface area contributed by atoms with Crippen LogP contribution in [0, 0.1) is 5.92 Å². The molecule has 1 aliphatic heterocycles. The smallest absolute Gasteiger partial charge is 0.158 e. The van der Waals surface area contributed by atoms with Gasteiger partial charge in [-0.3, -0.25) is 0 Å². The standard InChI is InChI=1S/C11H14F2O/c1-7-4-10(5-8(2)12)11(9(3)13)14-6-7/h5,7H,3-4,6H2,1-2H3/b8-5+. The summed E-state index contributed by atoms with van der Waals surface area (Å²) in [5, 5.41) is 0. The molecule has 0 bridgehead atoms. The van der Waals surface area contributed by atoms with Gasteiger partial charge in [-0.05, 0) is 25.3 Å². The third-order valence-corrected chi connectivity index (χ3v) is 1.99. The molecule has 0 aromatic heterocycles. The first-order chi connectivity index (χ1) is 6.50. The average Bonchev–Trinajstić information content (AvgIpc) is 2.01.